The Morgan fingerprint density at radius 1 is 0.683 bits per heavy atom. The molecule has 0 aliphatic heterocycles. The first-order valence-electron chi connectivity index (χ1n) is 12.8. The summed E-state index contributed by atoms with van der Waals surface area (Å²) in [7, 11) is 0. The molecule has 2 unspecified atom stereocenters. The highest BCUT2D eigenvalue weighted by Crippen LogP contribution is 2.35. The van der Waals surface area contributed by atoms with Gasteiger partial charge < -0.3 is 25.0 Å². The lowest BCUT2D eigenvalue weighted by molar-refractivity contribution is -0.160. The highest BCUT2D eigenvalue weighted by molar-refractivity contribution is 6.36. The number of carboxylic acid groups (broad SMARTS) is 2. The van der Waals surface area contributed by atoms with Crippen molar-refractivity contribution in [3.63, 3.8) is 0 Å². The number of nitrogens with one attached hydrogen (secondary N) is 1. The van der Waals surface area contributed by atoms with Crippen LogP contribution in [0.1, 0.15) is 36.8 Å². The van der Waals surface area contributed by atoms with E-state index in [9.17, 15) is 38.7 Å². The van der Waals surface area contributed by atoms with E-state index in [1.165, 1.54) is 0 Å². The first-order chi connectivity index (χ1) is 19.5. The van der Waals surface area contributed by atoms with E-state index < -0.39 is 71.6 Å². The molecule has 2 aromatic carbocycles. The van der Waals surface area contributed by atoms with Gasteiger partial charge in [0.25, 0.3) is 0 Å². The molecule has 12 heteroatoms. The maximum Gasteiger partial charge on any atom is 0.375 e. The van der Waals surface area contributed by atoms with Crippen molar-refractivity contribution < 1.29 is 53.2 Å². The van der Waals surface area contributed by atoms with Crippen molar-refractivity contribution in [3.05, 3.63) is 71.8 Å². The summed E-state index contributed by atoms with van der Waals surface area (Å²) >= 11 is 0. The molecular weight excluding hydrogens is 538 g/mol. The average Bonchev–Trinajstić information content (AvgIpc) is 2.97. The Labute approximate surface area is 234 Å². The molecule has 1 saturated carbocycles. The van der Waals surface area contributed by atoms with Gasteiger partial charge in [0.05, 0.1) is 6.42 Å². The number of rotatable bonds is 13. The molecule has 3 N–H and O–H groups in total. The van der Waals surface area contributed by atoms with E-state index in [1.807, 2.05) is 0 Å². The molecule has 3 rings (SSSR count). The van der Waals surface area contributed by atoms with Crippen molar-refractivity contribution in [2.24, 2.45) is 17.8 Å². The van der Waals surface area contributed by atoms with E-state index in [1.54, 1.807) is 60.7 Å². The number of hydrogen-bond donors (Lipinski definition) is 3. The predicted molar refractivity (Wildman–Crippen MR) is 139 cm³/mol. The minimum Gasteiger partial charge on any atom is -0.481 e. The summed E-state index contributed by atoms with van der Waals surface area (Å²) in [4.78, 5) is 86.6. The summed E-state index contributed by atoms with van der Waals surface area (Å²) in [6.07, 6.45) is -1.63. The molecular formula is C29H29NO11. The number of carboxylic acids is 2. The molecule has 1 amide bonds. The van der Waals surface area contributed by atoms with E-state index in [2.05, 4.69) is 5.32 Å². The van der Waals surface area contributed by atoms with Crippen molar-refractivity contribution in [1.29, 1.82) is 0 Å². The van der Waals surface area contributed by atoms with Gasteiger partial charge in [0, 0.05) is 17.8 Å². The van der Waals surface area contributed by atoms with Gasteiger partial charge in [-0.3, -0.25) is 19.2 Å². The monoisotopic (exact) mass is 567 g/mol. The number of ketones is 2. The fourth-order valence-corrected chi connectivity index (χ4v) is 4.55. The fraction of sp³-hybridized carbons (Fsp3) is 0.345. The number of hydrogen-bond acceptors (Lipinski definition) is 9. The Balaban J connectivity index is 1.74. The molecule has 0 spiro atoms. The molecule has 2 aromatic rings. The molecule has 0 bridgehead atoms. The van der Waals surface area contributed by atoms with Crippen LogP contribution in [-0.2, 0) is 56.2 Å². The average molecular weight is 568 g/mol. The van der Waals surface area contributed by atoms with Gasteiger partial charge in [-0.1, -0.05) is 60.7 Å². The van der Waals surface area contributed by atoms with Crippen LogP contribution in [0.3, 0.4) is 0 Å². The second-order valence-electron chi connectivity index (χ2n) is 9.65. The van der Waals surface area contributed by atoms with Crippen molar-refractivity contribution in [3.8, 4) is 0 Å². The summed E-state index contributed by atoms with van der Waals surface area (Å²) in [6, 6.07) is 15.4. The third kappa shape index (κ3) is 9.09. The van der Waals surface area contributed by atoms with Gasteiger partial charge in [-0.15, -0.1) is 0 Å². The molecule has 41 heavy (non-hydrogen) atoms. The Bertz CT molecular complexity index is 1220. The summed E-state index contributed by atoms with van der Waals surface area (Å²) in [5.41, 5.74) is 1.25. The highest BCUT2D eigenvalue weighted by atomic mass is 16.5. The van der Waals surface area contributed by atoms with Crippen LogP contribution < -0.4 is 5.32 Å². The van der Waals surface area contributed by atoms with E-state index in [4.69, 9.17) is 14.6 Å². The molecule has 1 aliphatic carbocycles. The van der Waals surface area contributed by atoms with Gasteiger partial charge in [-0.25, -0.2) is 14.4 Å². The number of carbonyl (C=O) groups excluding carboxylic acids is 5. The van der Waals surface area contributed by atoms with E-state index >= 15 is 0 Å². The second-order valence-corrected chi connectivity index (χ2v) is 9.65. The van der Waals surface area contributed by atoms with Gasteiger partial charge >= 0.3 is 23.9 Å². The molecule has 0 radical (unpaired) electrons. The number of Topliss-reactive ketones (excluding diaryl/α,β-unsaturated/α-hetero) is 2. The van der Waals surface area contributed by atoms with Gasteiger partial charge in [-0.2, -0.15) is 0 Å². The fourth-order valence-electron chi connectivity index (χ4n) is 4.55. The summed E-state index contributed by atoms with van der Waals surface area (Å²) in [5, 5.41) is 20.4. The molecule has 4 atom stereocenters. The summed E-state index contributed by atoms with van der Waals surface area (Å²) in [5.74, 6) is -11.9. The van der Waals surface area contributed by atoms with Gasteiger partial charge in [-0.05, 0) is 30.4 Å². The number of carbonyl (C=O) groups is 7. The number of esters is 2. The van der Waals surface area contributed by atoms with Crippen molar-refractivity contribution >= 4 is 41.4 Å². The smallest absolute Gasteiger partial charge is 0.375 e. The molecule has 0 saturated heterocycles. The third-order valence-corrected chi connectivity index (χ3v) is 6.64. The molecule has 0 heterocycles. The number of aliphatic carboxylic acids is 2. The zero-order valence-electron chi connectivity index (χ0n) is 21.9. The van der Waals surface area contributed by atoms with Crippen LogP contribution in [0, 0.1) is 17.8 Å². The predicted octanol–water partition coefficient (Wildman–Crippen LogP) is 1.69. The van der Waals surface area contributed by atoms with Crippen LogP contribution >= 0.6 is 0 Å². The zero-order valence-corrected chi connectivity index (χ0v) is 21.9. The Kier molecular flexibility index (Phi) is 10.8. The first-order valence-corrected chi connectivity index (χ1v) is 12.8. The van der Waals surface area contributed by atoms with Crippen molar-refractivity contribution in [1.82, 2.24) is 5.32 Å². The summed E-state index contributed by atoms with van der Waals surface area (Å²) in [6.45, 7) is -0.378. The van der Waals surface area contributed by atoms with Crippen LogP contribution in [-0.4, -0.2) is 57.6 Å². The molecule has 216 valence electrons. The van der Waals surface area contributed by atoms with Crippen LogP contribution in [0.5, 0.6) is 0 Å². The molecule has 0 aromatic heterocycles. The third-order valence-electron chi connectivity index (χ3n) is 6.64. The molecule has 1 fully saturated rings. The topological polar surface area (TPSA) is 190 Å². The lowest BCUT2D eigenvalue weighted by atomic mass is 9.71. The van der Waals surface area contributed by atoms with Crippen molar-refractivity contribution in [2.45, 2.75) is 44.9 Å². The Morgan fingerprint density at radius 2 is 1.10 bits per heavy atom. The SMILES string of the molecule is O=C(O)CC(NC(=O)C1C[C@@H](C(=O)C(=O)OCc2ccccc2)C[C@@H](C(=O)C(=O)OCc2ccccc2)C1)C(=O)O. The zero-order chi connectivity index (χ0) is 29.9. The largest absolute Gasteiger partial charge is 0.481 e. The van der Waals surface area contributed by atoms with Gasteiger partial charge in [0.15, 0.2) is 0 Å². The maximum atomic E-state index is 13.0. The van der Waals surface area contributed by atoms with Crippen molar-refractivity contribution in [2.75, 3.05) is 0 Å². The standard InChI is InChI=1S/C29H29NO11/c31-23(32)14-22(27(36)37)30-26(35)21-12-19(24(33)28(38)40-15-17-7-3-1-4-8-17)11-20(13-21)25(34)29(39)41-16-18-9-5-2-6-10-18/h1-10,19-22H,11-16H2,(H,30,35)(H,31,32)(H,36,37)/t19-,20+,21?,22?. The minimum atomic E-state index is -1.77. The van der Waals surface area contributed by atoms with Crippen LogP contribution in [0.2, 0.25) is 0 Å². The molecule has 1 aliphatic rings. The Morgan fingerprint density at radius 3 is 1.49 bits per heavy atom. The van der Waals surface area contributed by atoms with Crippen LogP contribution in [0.15, 0.2) is 60.7 Å². The first kappa shape index (κ1) is 30.7. The number of benzene rings is 2. The lowest BCUT2D eigenvalue weighted by Crippen LogP contribution is -2.48. The normalized spacial score (nSPS) is 18.8. The van der Waals surface area contributed by atoms with Gasteiger partial charge in [0.1, 0.15) is 19.3 Å². The van der Waals surface area contributed by atoms with Crippen LogP contribution in [0.4, 0.5) is 0 Å². The highest BCUT2D eigenvalue weighted by Gasteiger charge is 2.43. The van der Waals surface area contributed by atoms with Crippen LogP contribution in [0.25, 0.3) is 0 Å². The quantitative estimate of drug-likeness (QED) is 0.236. The van der Waals surface area contributed by atoms with E-state index in [-0.39, 0.29) is 32.5 Å². The van der Waals surface area contributed by atoms with E-state index in [0.29, 0.717) is 11.1 Å². The Hall–Kier alpha value is -4.87. The maximum absolute atomic E-state index is 13.0. The summed E-state index contributed by atoms with van der Waals surface area (Å²) < 4.78 is 10.2. The minimum absolute atomic E-state index is 0.189. The second kappa shape index (κ2) is 14.5. The van der Waals surface area contributed by atoms with Gasteiger partial charge in [0.2, 0.25) is 17.5 Å². The molecule has 12 nitrogen and oxygen atoms in total. The number of ether oxygens (including phenoxy) is 2. The number of amides is 1. The lowest BCUT2D eigenvalue weighted by Gasteiger charge is -2.32. The van der Waals surface area contributed by atoms with E-state index in [0.717, 1.165) is 0 Å².